The average Bonchev–Trinajstić information content (AvgIpc) is 2.81. The molecule has 1 aliphatic rings. The van der Waals surface area contributed by atoms with E-state index in [4.69, 9.17) is 0 Å². The van der Waals surface area contributed by atoms with E-state index in [9.17, 15) is 4.79 Å². The van der Waals surface area contributed by atoms with Crippen LogP contribution >= 0.6 is 0 Å². The first-order valence-electron chi connectivity index (χ1n) is 5.84. The quantitative estimate of drug-likeness (QED) is 0.811. The standard InChI is InChI=1S/C13H18N2O/c1-11-4-6-12(7-5-11)10-14-13(16)15-8-2-3-9-15/h4-7H,2-3,8-10H2,1H3,(H,14,16). The third-order valence-electron chi connectivity index (χ3n) is 2.96. The summed E-state index contributed by atoms with van der Waals surface area (Å²) in [6.07, 6.45) is 2.27. The summed E-state index contributed by atoms with van der Waals surface area (Å²) in [6.45, 7) is 4.49. The molecule has 0 atom stereocenters. The number of urea groups is 1. The Kier molecular flexibility index (Phi) is 3.44. The molecule has 0 aliphatic carbocycles. The fraction of sp³-hybridized carbons (Fsp3) is 0.462. The lowest BCUT2D eigenvalue weighted by Crippen LogP contribution is -2.37. The molecule has 0 radical (unpaired) electrons. The second kappa shape index (κ2) is 5.01. The van der Waals surface area contributed by atoms with Crippen LogP contribution in [0, 0.1) is 6.92 Å². The van der Waals surface area contributed by atoms with Gasteiger partial charge in [-0.25, -0.2) is 4.79 Å². The highest BCUT2D eigenvalue weighted by Crippen LogP contribution is 2.08. The van der Waals surface area contributed by atoms with Gasteiger partial charge in [0.25, 0.3) is 0 Å². The highest BCUT2D eigenvalue weighted by Gasteiger charge is 2.16. The van der Waals surface area contributed by atoms with Crippen LogP contribution < -0.4 is 5.32 Å². The summed E-state index contributed by atoms with van der Waals surface area (Å²) >= 11 is 0. The molecule has 0 unspecified atom stereocenters. The zero-order chi connectivity index (χ0) is 11.4. The molecular weight excluding hydrogens is 200 g/mol. The van der Waals surface area contributed by atoms with Gasteiger partial charge in [-0.1, -0.05) is 29.8 Å². The van der Waals surface area contributed by atoms with Crippen molar-refractivity contribution in [3.8, 4) is 0 Å². The lowest BCUT2D eigenvalue weighted by Gasteiger charge is -2.16. The highest BCUT2D eigenvalue weighted by atomic mass is 16.2. The molecule has 1 aliphatic heterocycles. The topological polar surface area (TPSA) is 32.3 Å². The summed E-state index contributed by atoms with van der Waals surface area (Å²) in [6, 6.07) is 8.31. The summed E-state index contributed by atoms with van der Waals surface area (Å²) in [5.74, 6) is 0. The monoisotopic (exact) mass is 218 g/mol. The summed E-state index contributed by atoms with van der Waals surface area (Å²) in [5.41, 5.74) is 2.40. The van der Waals surface area contributed by atoms with Crippen molar-refractivity contribution in [3.63, 3.8) is 0 Å². The molecule has 1 N–H and O–H groups in total. The highest BCUT2D eigenvalue weighted by molar-refractivity contribution is 5.74. The van der Waals surface area contributed by atoms with E-state index in [0.717, 1.165) is 31.5 Å². The van der Waals surface area contributed by atoms with Crippen LogP contribution in [0.2, 0.25) is 0 Å². The third kappa shape index (κ3) is 2.75. The normalized spacial score (nSPS) is 15.2. The molecule has 1 aromatic carbocycles. The average molecular weight is 218 g/mol. The Hall–Kier alpha value is -1.51. The van der Waals surface area contributed by atoms with Gasteiger partial charge in [-0.3, -0.25) is 0 Å². The van der Waals surface area contributed by atoms with Crippen molar-refractivity contribution >= 4 is 6.03 Å². The first-order chi connectivity index (χ1) is 7.75. The Morgan fingerprint density at radius 3 is 2.50 bits per heavy atom. The molecule has 3 nitrogen and oxygen atoms in total. The Morgan fingerprint density at radius 1 is 1.25 bits per heavy atom. The van der Waals surface area contributed by atoms with Crippen molar-refractivity contribution < 1.29 is 4.79 Å². The lowest BCUT2D eigenvalue weighted by atomic mass is 10.1. The van der Waals surface area contributed by atoms with E-state index in [2.05, 4.69) is 36.5 Å². The number of aryl methyl sites for hydroxylation is 1. The van der Waals surface area contributed by atoms with Gasteiger partial charge in [0.1, 0.15) is 0 Å². The van der Waals surface area contributed by atoms with Gasteiger partial charge in [0.05, 0.1) is 0 Å². The van der Waals surface area contributed by atoms with Gasteiger partial charge < -0.3 is 10.2 Å². The fourth-order valence-electron chi connectivity index (χ4n) is 1.92. The molecule has 0 saturated carbocycles. The van der Waals surface area contributed by atoms with Gasteiger partial charge in [0.2, 0.25) is 0 Å². The van der Waals surface area contributed by atoms with E-state index in [-0.39, 0.29) is 6.03 Å². The molecule has 2 rings (SSSR count). The maximum absolute atomic E-state index is 11.7. The largest absolute Gasteiger partial charge is 0.334 e. The molecule has 86 valence electrons. The molecule has 3 heteroatoms. The van der Waals surface area contributed by atoms with E-state index in [1.54, 1.807) is 0 Å². The van der Waals surface area contributed by atoms with Crippen LogP contribution in [0.5, 0.6) is 0 Å². The first-order valence-corrected chi connectivity index (χ1v) is 5.84. The molecule has 1 fully saturated rings. The molecule has 0 aromatic heterocycles. The van der Waals surface area contributed by atoms with Crippen LogP contribution in [0.15, 0.2) is 24.3 Å². The van der Waals surface area contributed by atoms with Gasteiger partial charge in [0.15, 0.2) is 0 Å². The third-order valence-corrected chi connectivity index (χ3v) is 2.96. The molecule has 0 spiro atoms. The van der Waals surface area contributed by atoms with E-state index in [1.165, 1.54) is 5.56 Å². The predicted molar refractivity (Wildman–Crippen MR) is 64.2 cm³/mol. The van der Waals surface area contributed by atoms with Crippen molar-refractivity contribution in [2.75, 3.05) is 13.1 Å². The van der Waals surface area contributed by atoms with Crippen molar-refractivity contribution in [3.05, 3.63) is 35.4 Å². The molecule has 2 amide bonds. The van der Waals surface area contributed by atoms with E-state index in [1.807, 2.05) is 4.90 Å². The molecule has 1 aromatic rings. The second-order valence-corrected chi connectivity index (χ2v) is 4.34. The number of benzene rings is 1. The lowest BCUT2D eigenvalue weighted by molar-refractivity contribution is 0.208. The van der Waals surface area contributed by atoms with Gasteiger partial charge in [0, 0.05) is 19.6 Å². The first kappa shape index (κ1) is 11.0. The Morgan fingerprint density at radius 2 is 1.88 bits per heavy atom. The maximum Gasteiger partial charge on any atom is 0.317 e. The number of rotatable bonds is 2. The number of likely N-dealkylation sites (tertiary alicyclic amines) is 1. The van der Waals surface area contributed by atoms with Gasteiger partial charge in [-0.05, 0) is 25.3 Å². The molecule has 1 saturated heterocycles. The number of carbonyl (C=O) groups is 1. The smallest absolute Gasteiger partial charge is 0.317 e. The number of amides is 2. The Balaban J connectivity index is 1.82. The number of carbonyl (C=O) groups excluding carboxylic acids is 1. The predicted octanol–water partition coefficient (Wildman–Crippen LogP) is 2.30. The summed E-state index contributed by atoms with van der Waals surface area (Å²) < 4.78 is 0. The molecule has 1 heterocycles. The summed E-state index contributed by atoms with van der Waals surface area (Å²) in [7, 11) is 0. The van der Waals surface area contributed by atoms with Crippen LogP contribution in [0.1, 0.15) is 24.0 Å². The van der Waals surface area contributed by atoms with Crippen molar-refractivity contribution in [1.82, 2.24) is 10.2 Å². The van der Waals surface area contributed by atoms with Crippen molar-refractivity contribution in [2.24, 2.45) is 0 Å². The summed E-state index contributed by atoms with van der Waals surface area (Å²) in [5, 5.41) is 2.95. The van der Waals surface area contributed by atoms with E-state index < -0.39 is 0 Å². The van der Waals surface area contributed by atoms with Gasteiger partial charge >= 0.3 is 6.03 Å². The molecule has 16 heavy (non-hydrogen) atoms. The van der Waals surface area contributed by atoms with Gasteiger partial charge in [-0.15, -0.1) is 0 Å². The Labute approximate surface area is 96.5 Å². The SMILES string of the molecule is Cc1ccc(CNC(=O)N2CCCC2)cc1. The number of hydrogen-bond donors (Lipinski definition) is 1. The number of nitrogens with zero attached hydrogens (tertiary/aromatic N) is 1. The molecule has 0 bridgehead atoms. The van der Waals surface area contributed by atoms with Crippen LogP contribution in [0.25, 0.3) is 0 Å². The van der Waals surface area contributed by atoms with E-state index >= 15 is 0 Å². The Bertz CT molecular complexity index is 353. The number of hydrogen-bond acceptors (Lipinski definition) is 1. The van der Waals surface area contributed by atoms with Gasteiger partial charge in [-0.2, -0.15) is 0 Å². The van der Waals surface area contributed by atoms with Crippen molar-refractivity contribution in [1.29, 1.82) is 0 Å². The van der Waals surface area contributed by atoms with Crippen LogP contribution in [0.4, 0.5) is 4.79 Å². The second-order valence-electron chi connectivity index (χ2n) is 4.34. The zero-order valence-electron chi connectivity index (χ0n) is 9.70. The van der Waals surface area contributed by atoms with Crippen LogP contribution in [0.3, 0.4) is 0 Å². The minimum atomic E-state index is 0.0677. The fourth-order valence-corrected chi connectivity index (χ4v) is 1.92. The van der Waals surface area contributed by atoms with Crippen molar-refractivity contribution in [2.45, 2.75) is 26.3 Å². The zero-order valence-corrected chi connectivity index (χ0v) is 9.70. The van der Waals surface area contributed by atoms with Crippen LogP contribution in [-0.4, -0.2) is 24.0 Å². The maximum atomic E-state index is 11.7. The van der Waals surface area contributed by atoms with E-state index in [0.29, 0.717) is 6.54 Å². The minimum absolute atomic E-state index is 0.0677. The van der Waals surface area contributed by atoms with Crippen LogP contribution in [-0.2, 0) is 6.54 Å². The minimum Gasteiger partial charge on any atom is -0.334 e. The molecular formula is C13H18N2O. The number of nitrogens with one attached hydrogen (secondary N) is 1. The summed E-state index contributed by atoms with van der Waals surface area (Å²) in [4.78, 5) is 13.6.